The number of H-pyrrole nitrogens is 1. The topological polar surface area (TPSA) is 91.4 Å². The standard InChI is InChI=1S/C19H17ClN2O4/c20-14-6-7-16-13(8-14)9-15(21-16)10-17(18(23)24)22-19(25)26-11-12-4-2-1-3-5-12/h1-9,17,21H,10-11H2,(H,22,25)(H,23,24). The van der Waals surface area contributed by atoms with Crippen LogP contribution in [0.3, 0.4) is 0 Å². The van der Waals surface area contributed by atoms with Crippen LogP contribution >= 0.6 is 11.6 Å². The van der Waals surface area contributed by atoms with Crippen LogP contribution in [0.4, 0.5) is 4.79 Å². The lowest BCUT2D eigenvalue weighted by atomic mass is 10.1. The van der Waals surface area contributed by atoms with Crippen molar-refractivity contribution >= 4 is 34.6 Å². The first-order valence-corrected chi connectivity index (χ1v) is 8.36. The van der Waals surface area contributed by atoms with Crippen molar-refractivity contribution in [1.82, 2.24) is 10.3 Å². The molecule has 0 spiro atoms. The van der Waals surface area contributed by atoms with Gasteiger partial charge in [-0.05, 0) is 29.8 Å². The van der Waals surface area contributed by atoms with Crippen LogP contribution in [0.2, 0.25) is 5.02 Å². The molecule has 0 fully saturated rings. The maximum absolute atomic E-state index is 11.9. The second kappa shape index (κ2) is 7.93. The molecule has 1 aromatic heterocycles. The van der Waals surface area contributed by atoms with E-state index in [0.29, 0.717) is 10.7 Å². The normalized spacial score (nSPS) is 11.9. The molecular formula is C19H17ClN2O4. The summed E-state index contributed by atoms with van der Waals surface area (Å²) in [6, 6.07) is 15.2. The second-order valence-corrected chi connectivity index (χ2v) is 6.26. The molecule has 3 aromatic rings. The van der Waals surface area contributed by atoms with Gasteiger partial charge in [-0.25, -0.2) is 9.59 Å². The molecule has 1 unspecified atom stereocenters. The number of carbonyl (C=O) groups excluding carboxylic acids is 1. The van der Waals surface area contributed by atoms with E-state index in [2.05, 4.69) is 10.3 Å². The Morgan fingerprint density at radius 1 is 1.15 bits per heavy atom. The zero-order chi connectivity index (χ0) is 18.5. The second-order valence-electron chi connectivity index (χ2n) is 5.83. The number of rotatable bonds is 6. The first-order valence-electron chi connectivity index (χ1n) is 7.98. The van der Waals surface area contributed by atoms with E-state index in [-0.39, 0.29) is 13.0 Å². The third kappa shape index (κ3) is 4.55. The molecule has 7 heteroatoms. The number of benzene rings is 2. The molecule has 1 atom stereocenters. The van der Waals surface area contributed by atoms with Crippen LogP contribution in [0.5, 0.6) is 0 Å². The van der Waals surface area contributed by atoms with E-state index < -0.39 is 18.1 Å². The number of nitrogens with one attached hydrogen (secondary N) is 2. The van der Waals surface area contributed by atoms with Crippen LogP contribution in [0, 0.1) is 0 Å². The number of alkyl carbamates (subject to hydrolysis) is 1. The summed E-state index contributed by atoms with van der Waals surface area (Å²) in [5.41, 5.74) is 2.35. The lowest BCUT2D eigenvalue weighted by Gasteiger charge is -2.14. The molecule has 3 rings (SSSR count). The van der Waals surface area contributed by atoms with Crippen molar-refractivity contribution in [2.45, 2.75) is 19.1 Å². The third-order valence-electron chi connectivity index (χ3n) is 3.87. The molecule has 0 aliphatic heterocycles. The monoisotopic (exact) mass is 372 g/mol. The van der Waals surface area contributed by atoms with E-state index in [1.165, 1.54) is 0 Å². The molecule has 0 aliphatic rings. The fraction of sp³-hybridized carbons (Fsp3) is 0.158. The van der Waals surface area contributed by atoms with E-state index >= 15 is 0 Å². The Morgan fingerprint density at radius 3 is 2.65 bits per heavy atom. The van der Waals surface area contributed by atoms with Gasteiger partial charge in [0.15, 0.2) is 0 Å². The zero-order valence-corrected chi connectivity index (χ0v) is 14.5. The summed E-state index contributed by atoms with van der Waals surface area (Å²) < 4.78 is 5.08. The van der Waals surface area contributed by atoms with Crippen molar-refractivity contribution in [3.63, 3.8) is 0 Å². The summed E-state index contributed by atoms with van der Waals surface area (Å²) in [4.78, 5) is 26.5. The Morgan fingerprint density at radius 2 is 1.92 bits per heavy atom. The van der Waals surface area contributed by atoms with E-state index in [4.69, 9.17) is 16.3 Å². The number of carboxylic acids is 1. The first-order chi connectivity index (χ1) is 12.5. The quantitative estimate of drug-likeness (QED) is 0.614. The van der Waals surface area contributed by atoms with Gasteiger partial charge in [0, 0.05) is 28.0 Å². The molecule has 0 aliphatic carbocycles. The number of carbonyl (C=O) groups is 2. The van der Waals surface area contributed by atoms with Crippen molar-refractivity contribution in [3.8, 4) is 0 Å². The SMILES string of the molecule is O=C(NC(Cc1cc2cc(Cl)ccc2[nH]1)C(=O)O)OCc1ccccc1. The molecule has 0 saturated carbocycles. The Kier molecular flexibility index (Phi) is 5.43. The number of hydrogen-bond donors (Lipinski definition) is 3. The summed E-state index contributed by atoms with van der Waals surface area (Å²) in [7, 11) is 0. The van der Waals surface area contributed by atoms with Crippen molar-refractivity contribution in [2.24, 2.45) is 0 Å². The van der Waals surface area contributed by atoms with E-state index in [9.17, 15) is 14.7 Å². The number of halogens is 1. The largest absolute Gasteiger partial charge is 0.480 e. The summed E-state index contributed by atoms with van der Waals surface area (Å²) in [6.45, 7) is 0.0733. The Hall–Kier alpha value is -2.99. The molecular weight excluding hydrogens is 356 g/mol. The van der Waals surface area contributed by atoms with Gasteiger partial charge in [-0.2, -0.15) is 0 Å². The molecule has 0 radical (unpaired) electrons. The average Bonchev–Trinajstić information content (AvgIpc) is 3.01. The van der Waals surface area contributed by atoms with Gasteiger partial charge in [0.05, 0.1) is 0 Å². The van der Waals surface area contributed by atoms with Gasteiger partial charge < -0.3 is 20.1 Å². The summed E-state index contributed by atoms with van der Waals surface area (Å²) in [6.07, 6.45) is -0.678. The molecule has 1 heterocycles. The molecule has 6 nitrogen and oxygen atoms in total. The van der Waals surface area contributed by atoms with Crippen molar-refractivity contribution in [2.75, 3.05) is 0 Å². The highest BCUT2D eigenvalue weighted by Crippen LogP contribution is 2.20. The zero-order valence-electron chi connectivity index (χ0n) is 13.7. The van der Waals surface area contributed by atoms with Gasteiger partial charge in [0.2, 0.25) is 0 Å². The predicted octanol–water partition coefficient (Wildman–Crippen LogP) is 3.74. The molecule has 26 heavy (non-hydrogen) atoms. The van der Waals surface area contributed by atoms with Crippen molar-refractivity contribution < 1.29 is 19.4 Å². The molecule has 2 aromatic carbocycles. The van der Waals surface area contributed by atoms with Crippen LogP contribution in [0.15, 0.2) is 54.6 Å². The summed E-state index contributed by atoms with van der Waals surface area (Å²) in [5.74, 6) is -1.14. The molecule has 134 valence electrons. The average molecular weight is 373 g/mol. The number of ether oxygens (including phenoxy) is 1. The van der Waals surface area contributed by atoms with Gasteiger partial charge in [-0.1, -0.05) is 41.9 Å². The lowest BCUT2D eigenvalue weighted by Crippen LogP contribution is -2.42. The number of amides is 1. The van der Waals surface area contributed by atoms with Crippen LogP contribution in [0.25, 0.3) is 10.9 Å². The number of carboxylic acid groups (broad SMARTS) is 1. The van der Waals surface area contributed by atoms with Crippen molar-refractivity contribution in [3.05, 3.63) is 70.9 Å². The Balaban J connectivity index is 1.62. The Bertz CT molecular complexity index is 924. The van der Waals surface area contributed by atoms with Gasteiger partial charge in [0.1, 0.15) is 12.6 Å². The van der Waals surface area contributed by atoms with Gasteiger partial charge in [-0.3, -0.25) is 0 Å². The minimum Gasteiger partial charge on any atom is -0.480 e. The molecule has 0 bridgehead atoms. The highest BCUT2D eigenvalue weighted by atomic mass is 35.5. The molecule has 1 amide bonds. The highest BCUT2D eigenvalue weighted by Gasteiger charge is 2.22. The van der Waals surface area contributed by atoms with Gasteiger partial charge >= 0.3 is 12.1 Å². The maximum Gasteiger partial charge on any atom is 0.408 e. The van der Waals surface area contributed by atoms with Gasteiger partial charge in [-0.15, -0.1) is 0 Å². The van der Waals surface area contributed by atoms with Crippen LogP contribution < -0.4 is 5.32 Å². The highest BCUT2D eigenvalue weighted by molar-refractivity contribution is 6.31. The Labute approximate surface area is 154 Å². The molecule has 3 N–H and O–H groups in total. The summed E-state index contributed by atoms with van der Waals surface area (Å²) in [5, 5.41) is 13.2. The minimum atomic E-state index is -1.14. The number of aromatic amines is 1. The minimum absolute atomic E-state index is 0.0733. The number of hydrogen-bond acceptors (Lipinski definition) is 3. The van der Waals surface area contributed by atoms with Crippen LogP contribution in [-0.2, 0) is 22.6 Å². The number of aliphatic carboxylic acids is 1. The van der Waals surface area contributed by atoms with Crippen LogP contribution in [0.1, 0.15) is 11.3 Å². The smallest absolute Gasteiger partial charge is 0.408 e. The van der Waals surface area contributed by atoms with Gasteiger partial charge in [0.25, 0.3) is 0 Å². The number of aromatic nitrogens is 1. The van der Waals surface area contributed by atoms with E-state index in [1.54, 1.807) is 12.1 Å². The van der Waals surface area contributed by atoms with Crippen LogP contribution in [-0.4, -0.2) is 28.2 Å². The first kappa shape index (κ1) is 17.8. The fourth-order valence-electron chi connectivity index (χ4n) is 2.60. The van der Waals surface area contributed by atoms with Crippen molar-refractivity contribution in [1.29, 1.82) is 0 Å². The fourth-order valence-corrected chi connectivity index (χ4v) is 2.78. The predicted molar refractivity (Wildman–Crippen MR) is 98.2 cm³/mol. The number of fused-ring (bicyclic) bond motifs is 1. The molecule has 0 saturated heterocycles. The van der Waals surface area contributed by atoms with E-state index in [0.717, 1.165) is 16.5 Å². The third-order valence-corrected chi connectivity index (χ3v) is 4.10. The summed E-state index contributed by atoms with van der Waals surface area (Å²) >= 11 is 5.96. The maximum atomic E-state index is 11.9. The van der Waals surface area contributed by atoms with E-state index in [1.807, 2.05) is 42.5 Å². The lowest BCUT2D eigenvalue weighted by molar-refractivity contribution is -0.139.